The van der Waals surface area contributed by atoms with Crippen molar-refractivity contribution in [3.05, 3.63) is 76.6 Å². The number of halogens is 2. The number of amides is 2. The Bertz CT molecular complexity index is 1260. The zero-order chi connectivity index (χ0) is 25.5. The molecule has 0 saturated carbocycles. The summed E-state index contributed by atoms with van der Waals surface area (Å²) < 4.78 is 14.6. The van der Waals surface area contributed by atoms with Crippen LogP contribution in [0.15, 0.2) is 48.8 Å². The lowest BCUT2D eigenvalue weighted by atomic mass is 10.1. The number of anilines is 2. The first-order valence-corrected chi connectivity index (χ1v) is 12.3. The second-order valence-corrected chi connectivity index (χ2v) is 9.05. The molecule has 4 rings (SSSR count). The number of nitrogens with one attached hydrogen (secondary N) is 3. The quantitative estimate of drug-likeness (QED) is 0.344. The van der Waals surface area contributed by atoms with Crippen molar-refractivity contribution in [1.82, 2.24) is 14.9 Å². The molecule has 0 aliphatic carbocycles. The molecule has 1 aliphatic heterocycles. The molecule has 188 valence electrons. The van der Waals surface area contributed by atoms with E-state index in [1.165, 1.54) is 43.8 Å². The van der Waals surface area contributed by atoms with Gasteiger partial charge >= 0.3 is 0 Å². The minimum atomic E-state index is -0.744. The molecule has 8 nitrogen and oxygen atoms in total. The second-order valence-electron chi connectivity index (χ2n) is 8.64. The molecule has 10 heteroatoms. The van der Waals surface area contributed by atoms with E-state index in [9.17, 15) is 18.8 Å². The molecule has 2 heterocycles. The Labute approximate surface area is 213 Å². The summed E-state index contributed by atoms with van der Waals surface area (Å²) in [6, 6.07) is 10.3. The van der Waals surface area contributed by atoms with E-state index in [0.29, 0.717) is 6.42 Å². The molecule has 1 saturated heterocycles. The molecule has 1 aliphatic rings. The van der Waals surface area contributed by atoms with Crippen LogP contribution in [0.3, 0.4) is 0 Å². The van der Waals surface area contributed by atoms with Crippen molar-refractivity contribution in [1.29, 1.82) is 0 Å². The van der Waals surface area contributed by atoms with Crippen molar-refractivity contribution >= 4 is 40.6 Å². The van der Waals surface area contributed by atoms with Crippen LogP contribution < -0.4 is 10.6 Å². The maximum absolute atomic E-state index is 14.6. The van der Waals surface area contributed by atoms with Crippen LogP contribution in [-0.2, 0) is 0 Å². The summed E-state index contributed by atoms with van der Waals surface area (Å²) in [5, 5.41) is 5.28. The van der Waals surface area contributed by atoms with E-state index in [4.69, 9.17) is 11.6 Å². The van der Waals surface area contributed by atoms with Crippen LogP contribution >= 0.6 is 11.6 Å². The highest BCUT2D eigenvalue weighted by atomic mass is 35.5. The van der Waals surface area contributed by atoms with Crippen LogP contribution in [0.1, 0.15) is 63.4 Å². The normalized spacial score (nSPS) is 13.8. The topological polar surface area (TPSA) is 107 Å². The van der Waals surface area contributed by atoms with Crippen LogP contribution in [0.4, 0.5) is 15.8 Å². The van der Waals surface area contributed by atoms with Gasteiger partial charge in [0.05, 0.1) is 22.6 Å². The molecule has 3 aromatic rings. The highest BCUT2D eigenvalue weighted by molar-refractivity contribution is 6.34. The number of hydrogen-bond donors (Lipinski definition) is 3. The van der Waals surface area contributed by atoms with E-state index in [1.807, 2.05) is 0 Å². The number of hydrogen-bond acceptors (Lipinski definition) is 5. The van der Waals surface area contributed by atoms with Gasteiger partial charge in [0.2, 0.25) is 0 Å². The van der Waals surface area contributed by atoms with Gasteiger partial charge in [-0.3, -0.25) is 14.4 Å². The molecular weight excluding hydrogens is 485 g/mol. The highest BCUT2D eigenvalue weighted by Crippen LogP contribution is 2.22. The third kappa shape index (κ3) is 6.35. The van der Waals surface area contributed by atoms with Gasteiger partial charge in [-0.15, -0.1) is 0 Å². The van der Waals surface area contributed by atoms with E-state index in [1.54, 1.807) is 18.2 Å². The average molecular weight is 512 g/mol. The number of likely N-dealkylation sites (tertiary alicyclic amines) is 1. The highest BCUT2D eigenvalue weighted by Gasteiger charge is 2.21. The minimum Gasteiger partial charge on any atom is -0.340 e. The number of piperidine rings is 1. The number of rotatable bonds is 9. The molecule has 0 radical (unpaired) electrons. The lowest BCUT2D eigenvalue weighted by molar-refractivity contribution is 0.0952. The lowest BCUT2D eigenvalue weighted by Crippen LogP contribution is -2.30. The Morgan fingerprint density at radius 3 is 2.56 bits per heavy atom. The van der Waals surface area contributed by atoms with Crippen LogP contribution in [0.5, 0.6) is 0 Å². The van der Waals surface area contributed by atoms with Gasteiger partial charge in [-0.25, -0.2) is 9.37 Å². The van der Waals surface area contributed by atoms with Crippen molar-refractivity contribution in [3.8, 4) is 0 Å². The monoisotopic (exact) mass is 511 g/mol. The molecule has 1 aromatic heterocycles. The summed E-state index contributed by atoms with van der Waals surface area (Å²) >= 11 is 6.02. The van der Waals surface area contributed by atoms with Crippen molar-refractivity contribution in [2.24, 2.45) is 0 Å². The Morgan fingerprint density at radius 1 is 1.03 bits per heavy atom. The molecule has 0 atom stereocenters. The number of nitrogens with zero attached hydrogens (tertiary/aromatic N) is 2. The number of aromatic nitrogens is 2. The molecule has 1 fully saturated rings. The van der Waals surface area contributed by atoms with E-state index in [0.717, 1.165) is 25.7 Å². The van der Waals surface area contributed by atoms with Gasteiger partial charge in [-0.05, 0) is 69.2 Å². The van der Waals surface area contributed by atoms with Crippen LogP contribution in [0.25, 0.3) is 0 Å². The van der Waals surface area contributed by atoms with Crippen molar-refractivity contribution < 1.29 is 18.8 Å². The first-order chi connectivity index (χ1) is 17.4. The molecule has 0 bridgehead atoms. The van der Waals surface area contributed by atoms with Crippen LogP contribution in [0.2, 0.25) is 5.02 Å². The van der Waals surface area contributed by atoms with Crippen molar-refractivity contribution in [2.45, 2.75) is 32.1 Å². The fourth-order valence-corrected chi connectivity index (χ4v) is 4.39. The Hall–Kier alpha value is -3.56. The van der Waals surface area contributed by atoms with E-state index < -0.39 is 17.6 Å². The van der Waals surface area contributed by atoms with E-state index in [2.05, 4.69) is 25.5 Å². The molecule has 0 unspecified atom stereocenters. The number of ketones is 1. The molecular formula is C26H27ClFN5O3. The lowest BCUT2D eigenvalue weighted by Gasteiger charge is -2.26. The largest absolute Gasteiger partial charge is 0.340 e. The third-order valence-electron chi connectivity index (χ3n) is 6.05. The summed E-state index contributed by atoms with van der Waals surface area (Å²) in [5.41, 5.74) is 0.392. The SMILES string of the molecule is O=C(Nc1ccc(NC(=O)c2[nH]cnc2C(=O)CCCN2CCCCC2)cc1F)c1ccccc1Cl. The summed E-state index contributed by atoms with van der Waals surface area (Å²) in [6.45, 7) is 2.96. The Kier molecular flexibility index (Phi) is 8.45. The average Bonchev–Trinajstić information content (AvgIpc) is 3.37. The molecule has 2 aromatic carbocycles. The minimum absolute atomic E-state index is 0.0227. The molecule has 2 amide bonds. The van der Waals surface area contributed by atoms with Crippen molar-refractivity contribution in [2.75, 3.05) is 30.3 Å². The number of aromatic amines is 1. The standard InChI is InChI=1S/C26H27ClFN5O3/c27-19-8-3-2-7-18(19)25(35)32-21-11-10-17(15-20(21)28)31-26(36)24-23(29-16-30-24)22(34)9-6-14-33-12-4-1-5-13-33/h2-3,7-8,10-11,15-16H,1,4-6,9,12-14H2,(H,29,30)(H,31,36)(H,32,35). The summed E-state index contributed by atoms with van der Waals surface area (Å²) in [7, 11) is 0. The summed E-state index contributed by atoms with van der Waals surface area (Å²) in [5.74, 6) is -2.13. The Balaban J connectivity index is 1.35. The summed E-state index contributed by atoms with van der Waals surface area (Å²) in [4.78, 5) is 46.9. The fourth-order valence-electron chi connectivity index (χ4n) is 4.17. The fraction of sp³-hybridized carbons (Fsp3) is 0.308. The Morgan fingerprint density at radius 2 is 1.81 bits per heavy atom. The van der Waals surface area contributed by atoms with Crippen LogP contribution in [-0.4, -0.2) is 52.1 Å². The summed E-state index contributed by atoms with van der Waals surface area (Å²) in [6.07, 6.45) is 5.90. The molecule has 0 spiro atoms. The van der Waals surface area contributed by atoms with Gasteiger partial charge in [0, 0.05) is 12.1 Å². The van der Waals surface area contributed by atoms with Gasteiger partial charge in [0.1, 0.15) is 17.2 Å². The number of carbonyl (C=O) groups excluding carboxylic acids is 3. The number of benzene rings is 2. The van der Waals surface area contributed by atoms with Gasteiger partial charge < -0.3 is 20.5 Å². The predicted molar refractivity (Wildman–Crippen MR) is 136 cm³/mol. The number of H-pyrrole nitrogens is 1. The first-order valence-electron chi connectivity index (χ1n) is 11.9. The number of imidazole rings is 1. The maximum atomic E-state index is 14.6. The number of Topliss-reactive ketones (excluding diaryl/α,β-unsaturated/α-hetero) is 1. The number of carbonyl (C=O) groups is 3. The molecule has 3 N–H and O–H groups in total. The van der Waals surface area contributed by atoms with E-state index in [-0.39, 0.29) is 45.6 Å². The first kappa shape index (κ1) is 25.5. The smallest absolute Gasteiger partial charge is 0.274 e. The van der Waals surface area contributed by atoms with E-state index >= 15 is 0 Å². The van der Waals surface area contributed by atoms with Gasteiger partial charge in [0.25, 0.3) is 11.8 Å². The van der Waals surface area contributed by atoms with Gasteiger partial charge in [-0.1, -0.05) is 30.2 Å². The maximum Gasteiger partial charge on any atom is 0.274 e. The predicted octanol–water partition coefficient (Wildman–Crippen LogP) is 5.16. The molecule has 36 heavy (non-hydrogen) atoms. The van der Waals surface area contributed by atoms with Crippen LogP contribution in [0, 0.1) is 5.82 Å². The zero-order valence-corrected chi connectivity index (χ0v) is 20.4. The second kappa shape index (κ2) is 11.9. The van der Waals surface area contributed by atoms with Gasteiger partial charge in [-0.2, -0.15) is 0 Å². The van der Waals surface area contributed by atoms with Gasteiger partial charge in [0.15, 0.2) is 5.78 Å². The third-order valence-corrected chi connectivity index (χ3v) is 6.38. The zero-order valence-electron chi connectivity index (χ0n) is 19.7. The van der Waals surface area contributed by atoms with Crippen molar-refractivity contribution in [3.63, 3.8) is 0 Å².